The lowest BCUT2D eigenvalue weighted by atomic mass is 10.1. The van der Waals surface area contributed by atoms with Crippen molar-refractivity contribution >= 4 is 33.2 Å². The maximum Gasteiger partial charge on any atom is 0.228 e. The van der Waals surface area contributed by atoms with Gasteiger partial charge in [0.2, 0.25) is 15.7 Å². The molecule has 0 spiro atoms. The Hall–Kier alpha value is -3.42. The molecule has 4 aromatic carbocycles. The minimum absolute atomic E-state index is 0.0388. The van der Waals surface area contributed by atoms with Gasteiger partial charge in [-0.2, -0.15) is 0 Å². The third-order valence-electron chi connectivity index (χ3n) is 4.78. The second-order valence-electron chi connectivity index (χ2n) is 7.28. The Morgan fingerprint density at radius 2 is 1.39 bits per heavy atom. The number of rotatable bonds is 7. The fourth-order valence-corrected chi connectivity index (χ4v) is 5.57. The number of halogens is 1. The molecular weight excluding hydrogens is 457 g/mol. The van der Waals surface area contributed by atoms with Gasteiger partial charge >= 0.3 is 0 Å². The van der Waals surface area contributed by atoms with Gasteiger partial charge in [0.1, 0.15) is 5.82 Å². The first kappa shape index (κ1) is 22.8. The van der Waals surface area contributed by atoms with Gasteiger partial charge in [-0.15, -0.1) is 0 Å². The van der Waals surface area contributed by atoms with Crippen LogP contribution in [0.25, 0.3) is 0 Å². The number of benzene rings is 4. The van der Waals surface area contributed by atoms with Crippen molar-refractivity contribution in [3.8, 4) is 0 Å². The van der Waals surface area contributed by atoms with Crippen molar-refractivity contribution in [3.05, 3.63) is 115 Å². The molecule has 0 aliphatic heterocycles. The second-order valence-corrected chi connectivity index (χ2v) is 10.4. The zero-order valence-corrected chi connectivity index (χ0v) is 19.1. The largest absolute Gasteiger partial charge is 0.326 e. The normalized spacial score (nSPS) is 11.2. The molecule has 0 saturated heterocycles. The molecule has 0 atom stereocenters. The number of nitrogens with one attached hydrogen (secondary N) is 1. The molecular formula is C26H20FNO3S2. The minimum Gasteiger partial charge on any atom is -0.326 e. The van der Waals surface area contributed by atoms with Crippen LogP contribution in [0.5, 0.6) is 0 Å². The first-order valence-electron chi connectivity index (χ1n) is 10.1. The number of anilines is 1. The number of sulfone groups is 1. The molecule has 4 nitrogen and oxygen atoms in total. The summed E-state index contributed by atoms with van der Waals surface area (Å²) in [4.78, 5) is 14.5. The Kier molecular flexibility index (Phi) is 6.91. The maximum absolute atomic E-state index is 13.2. The Labute approximate surface area is 196 Å². The average molecular weight is 478 g/mol. The highest BCUT2D eigenvalue weighted by atomic mass is 32.2. The summed E-state index contributed by atoms with van der Waals surface area (Å²) in [6.45, 7) is 0. The van der Waals surface area contributed by atoms with Crippen LogP contribution in [0.2, 0.25) is 0 Å². The van der Waals surface area contributed by atoms with Gasteiger partial charge in [0.25, 0.3) is 0 Å². The molecule has 0 aliphatic rings. The molecule has 4 rings (SSSR count). The van der Waals surface area contributed by atoms with Crippen molar-refractivity contribution < 1.29 is 17.6 Å². The highest BCUT2D eigenvalue weighted by Crippen LogP contribution is 2.33. The summed E-state index contributed by atoms with van der Waals surface area (Å²) in [7, 11) is -3.78. The van der Waals surface area contributed by atoms with E-state index in [-0.39, 0.29) is 27.9 Å². The Bertz CT molecular complexity index is 1360. The van der Waals surface area contributed by atoms with Crippen molar-refractivity contribution in [1.29, 1.82) is 0 Å². The molecule has 166 valence electrons. The van der Waals surface area contributed by atoms with E-state index in [2.05, 4.69) is 5.32 Å². The van der Waals surface area contributed by atoms with Gasteiger partial charge in [-0.05, 0) is 60.2 Å². The maximum atomic E-state index is 13.2. The zero-order valence-electron chi connectivity index (χ0n) is 17.4. The van der Waals surface area contributed by atoms with E-state index in [1.165, 1.54) is 30.0 Å². The van der Waals surface area contributed by atoms with E-state index in [1.54, 1.807) is 54.6 Å². The van der Waals surface area contributed by atoms with Crippen LogP contribution >= 0.6 is 11.8 Å². The number of carbonyl (C=O) groups excluding carboxylic acids is 1. The fraction of sp³-hybridized carbons (Fsp3) is 0.0385. The van der Waals surface area contributed by atoms with Crippen LogP contribution < -0.4 is 5.32 Å². The average Bonchev–Trinajstić information content (AvgIpc) is 2.81. The van der Waals surface area contributed by atoms with Gasteiger partial charge in [-0.25, -0.2) is 12.8 Å². The zero-order chi connectivity index (χ0) is 23.3. The van der Waals surface area contributed by atoms with Crippen LogP contribution in [0.4, 0.5) is 10.1 Å². The van der Waals surface area contributed by atoms with Gasteiger partial charge in [-0.3, -0.25) is 4.79 Å². The summed E-state index contributed by atoms with van der Waals surface area (Å²) in [5, 5.41) is 2.78. The second kappa shape index (κ2) is 10.0. The van der Waals surface area contributed by atoms with Gasteiger partial charge < -0.3 is 5.32 Å². The molecule has 0 fully saturated rings. The van der Waals surface area contributed by atoms with E-state index in [0.717, 1.165) is 4.90 Å². The molecule has 0 bridgehead atoms. The third-order valence-corrected chi connectivity index (χ3v) is 7.51. The predicted octanol–water partition coefficient (Wildman–Crippen LogP) is 5.99. The number of amides is 1. The highest BCUT2D eigenvalue weighted by Gasteiger charge is 2.20. The van der Waals surface area contributed by atoms with E-state index in [1.807, 2.05) is 30.3 Å². The number of carbonyl (C=O) groups is 1. The lowest BCUT2D eigenvalue weighted by Crippen LogP contribution is -2.15. The molecule has 0 unspecified atom stereocenters. The monoisotopic (exact) mass is 477 g/mol. The molecule has 0 radical (unpaired) electrons. The van der Waals surface area contributed by atoms with E-state index in [4.69, 9.17) is 0 Å². The summed E-state index contributed by atoms with van der Waals surface area (Å²) >= 11 is 1.40. The lowest BCUT2D eigenvalue weighted by Gasteiger charge is -2.12. The molecule has 0 aromatic heterocycles. The number of hydrogen-bond acceptors (Lipinski definition) is 4. The fourth-order valence-electron chi connectivity index (χ4n) is 3.21. The predicted molar refractivity (Wildman–Crippen MR) is 128 cm³/mol. The molecule has 7 heteroatoms. The van der Waals surface area contributed by atoms with Crippen LogP contribution in [0, 0.1) is 5.82 Å². The summed E-state index contributed by atoms with van der Waals surface area (Å²) in [6, 6.07) is 28.2. The summed E-state index contributed by atoms with van der Waals surface area (Å²) in [5.41, 5.74) is 1.03. The molecule has 33 heavy (non-hydrogen) atoms. The molecule has 0 saturated carbocycles. The van der Waals surface area contributed by atoms with Crippen molar-refractivity contribution in [2.45, 2.75) is 26.0 Å². The summed E-state index contributed by atoms with van der Waals surface area (Å²) < 4.78 is 39.6. The molecule has 1 N–H and O–H groups in total. The molecule has 0 heterocycles. The Balaban J connectivity index is 1.66. The molecule has 0 aliphatic carbocycles. The topological polar surface area (TPSA) is 63.2 Å². The standard InChI is InChI=1S/C26H20FNO3S2/c27-20-13-11-19(12-14-20)15-26(29)28-21-16-23(32-22-7-3-1-4-8-22)18-25(17-21)33(30,31)24-9-5-2-6-10-24/h1-14,16-18H,15H2,(H,28,29). The van der Waals surface area contributed by atoms with Crippen LogP contribution in [0.1, 0.15) is 5.56 Å². The quantitative estimate of drug-likeness (QED) is 0.355. The molecule has 4 aromatic rings. The van der Waals surface area contributed by atoms with Crippen LogP contribution in [-0.2, 0) is 21.1 Å². The van der Waals surface area contributed by atoms with Gasteiger partial charge in [-0.1, -0.05) is 60.3 Å². The van der Waals surface area contributed by atoms with Crippen molar-refractivity contribution in [1.82, 2.24) is 0 Å². The third kappa shape index (κ3) is 5.88. The van der Waals surface area contributed by atoms with Crippen LogP contribution in [0.3, 0.4) is 0 Å². The molecule has 1 amide bonds. The van der Waals surface area contributed by atoms with Crippen LogP contribution in [0.15, 0.2) is 123 Å². The first-order chi connectivity index (χ1) is 15.9. The SMILES string of the molecule is O=C(Cc1ccc(F)cc1)Nc1cc(Sc2ccccc2)cc(S(=O)(=O)c2ccccc2)c1. The van der Waals surface area contributed by atoms with Crippen molar-refractivity contribution in [2.75, 3.05) is 5.32 Å². The van der Waals surface area contributed by atoms with E-state index in [9.17, 15) is 17.6 Å². The smallest absolute Gasteiger partial charge is 0.228 e. The van der Waals surface area contributed by atoms with Crippen molar-refractivity contribution in [2.24, 2.45) is 0 Å². The lowest BCUT2D eigenvalue weighted by molar-refractivity contribution is -0.115. The van der Waals surface area contributed by atoms with Crippen molar-refractivity contribution in [3.63, 3.8) is 0 Å². The van der Waals surface area contributed by atoms with Gasteiger partial charge in [0.05, 0.1) is 16.2 Å². The summed E-state index contributed by atoms with van der Waals surface area (Å²) in [5.74, 6) is -0.702. The van der Waals surface area contributed by atoms with Gasteiger partial charge in [0.15, 0.2) is 0 Å². The summed E-state index contributed by atoms with van der Waals surface area (Å²) in [6.07, 6.45) is 0.0388. The first-order valence-corrected chi connectivity index (χ1v) is 12.4. The van der Waals surface area contributed by atoms with E-state index >= 15 is 0 Å². The highest BCUT2D eigenvalue weighted by molar-refractivity contribution is 7.99. The van der Waals surface area contributed by atoms with E-state index in [0.29, 0.717) is 16.1 Å². The van der Waals surface area contributed by atoms with Crippen LogP contribution in [-0.4, -0.2) is 14.3 Å². The van der Waals surface area contributed by atoms with E-state index < -0.39 is 9.84 Å². The minimum atomic E-state index is -3.78. The van der Waals surface area contributed by atoms with Gasteiger partial charge in [0, 0.05) is 15.5 Å². The Morgan fingerprint density at radius 1 is 0.758 bits per heavy atom. The Morgan fingerprint density at radius 3 is 2.06 bits per heavy atom. The number of hydrogen-bond donors (Lipinski definition) is 1.